The third-order valence-corrected chi connectivity index (χ3v) is 8.88. The van der Waals surface area contributed by atoms with Crippen molar-refractivity contribution < 1.29 is 46.1 Å². The second-order valence-corrected chi connectivity index (χ2v) is 13.1. The molecule has 52 heavy (non-hydrogen) atoms. The van der Waals surface area contributed by atoms with Crippen molar-refractivity contribution in [2.24, 2.45) is 5.92 Å². The average molecular weight is 726 g/mol. The van der Waals surface area contributed by atoms with Crippen LogP contribution in [0.5, 0.6) is 11.5 Å². The highest BCUT2D eigenvalue weighted by Crippen LogP contribution is 2.35. The zero-order chi connectivity index (χ0) is 37.6. The average Bonchev–Trinajstić information content (AvgIpc) is 3.10. The number of aliphatic hydroxyl groups is 1. The Hall–Kier alpha value is -5.01. The number of carbonyl (C=O) groups is 2. The van der Waals surface area contributed by atoms with Crippen molar-refractivity contribution in [1.82, 2.24) is 9.80 Å². The topological polar surface area (TPSA) is 91.3 Å². The number of likely N-dealkylation sites (N-methyl/N-ethyl adjacent to an activating group) is 1. The largest absolute Gasteiger partial charge is 0.489 e. The number of rotatable bonds is 12. The summed E-state index contributed by atoms with van der Waals surface area (Å²) in [6, 6.07) is 19.0. The SMILES string of the molecule is C[C@@H]1CN([C@@H](C)CO)C(=O)c2cccc(NC(=O)Cc3ccc(C(F)(F)F)cc3)c2O[C@@H]1CN(C)Cc1ccc(OCc2cc(F)ccc2F)cc1. The van der Waals surface area contributed by atoms with Crippen LogP contribution in [0.3, 0.4) is 0 Å². The van der Waals surface area contributed by atoms with Crippen LogP contribution in [0.1, 0.15) is 46.5 Å². The van der Waals surface area contributed by atoms with E-state index in [2.05, 4.69) is 5.32 Å². The Kier molecular flexibility index (Phi) is 12.2. The molecule has 1 aliphatic heterocycles. The van der Waals surface area contributed by atoms with E-state index in [1.165, 1.54) is 12.1 Å². The molecule has 0 saturated carbocycles. The molecule has 1 heterocycles. The zero-order valence-electron chi connectivity index (χ0n) is 28.9. The summed E-state index contributed by atoms with van der Waals surface area (Å²) in [6.45, 7) is 4.48. The number of halogens is 5. The molecule has 4 aromatic rings. The van der Waals surface area contributed by atoms with E-state index in [0.29, 0.717) is 30.9 Å². The van der Waals surface area contributed by atoms with E-state index in [4.69, 9.17) is 9.47 Å². The molecule has 0 spiro atoms. The van der Waals surface area contributed by atoms with E-state index >= 15 is 0 Å². The fraction of sp³-hybridized carbons (Fsp3) is 0.333. The van der Waals surface area contributed by atoms with E-state index in [0.717, 1.165) is 35.9 Å². The molecular weight excluding hydrogens is 685 g/mol. The summed E-state index contributed by atoms with van der Waals surface area (Å²) in [5.41, 5.74) is 1.02. The van der Waals surface area contributed by atoms with Gasteiger partial charge in [-0.15, -0.1) is 0 Å². The van der Waals surface area contributed by atoms with Crippen molar-refractivity contribution in [2.75, 3.05) is 32.1 Å². The van der Waals surface area contributed by atoms with Crippen molar-refractivity contribution >= 4 is 17.5 Å². The first-order valence-electron chi connectivity index (χ1n) is 16.7. The maximum Gasteiger partial charge on any atom is 0.416 e. The van der Waals surface area contributed by atoms with Gasteiger partial charge in [0.05, 0.1) is 35.9 Å². The second-order valence-electron chi connectivity index (χ2n) is 13.1. The van der Waals surface area contributed by atoms with Crippen LogP contribution in [-0.4, -0.2) is 65.6 Å². The Morgan fingerprint density at radius 1 is 1.04 bits per heavy atom. The maximum atomic E-state index is 14.0. The van der Waals surface area contributed by atoms with Gasteiger partial charge in [-0.2, -0.15) is 13.2 Å². The highest BCUT2D eigenvalue weighted by atomic mass is 19.4. The van der Waals surface area contributed by atoms with Gasteiger partial charge in [-0.05, 0) is 79.7 Å². The summed E-state index contributed by atoms with van der Waals surface area (Å²) in [7, 11) is 1.91. The van der Waals surface area contributed by atoms with Crippen LogP contribution in [0, 0.1) is 17.6 Å². The zero-order valence-corrected chi connectivity index (χ0v) is 28.9. The minimum atomic E-state index is -4.50. The maximum absolute atomic E-state index is 14.0. The molecule has 5 rings (SSSR count). The molecule has 0 radical (unpaired) electrons. The first kappa shape index (κ1) is 38.2. The number of para-hydroxylation sites is 1. The molecular formula is C39H40F5N3O5. The lowest BCUT2D eigenvalue weighted by atomic mass is 9.98. The summed E-state index contributed by atoms with van der Waals surface area (Å²) < 4.78 is 78.8. The number of ether oxygens (including phenoxy) is 2. The number of amides is 2. The fourth-order valence-electron chi connectivity index (χ4n) is 5.94. The van der Waals surface area contributed by atoms with Crippen molar-refractivity contribution in [1.29, 1.82) is 0 Å². The molecule has 0 aromatic heterocycles. The molecule has 3 atom stereocenters. The highest BCUT2D eigenvalue weighted by Gasteiger charge is 2.35. The van der Waals surface area contributed by atoms with Gasteiger partial charge in [0.15, 0.2) is 5.75 Å². The van der Waals surface area contributed by atoms with Gasteiger partial charge in [0.2, 0.25) is 5.91 Å². The minimum absolute atomic E-state index is 0.106. The molecule has 2 N–H and O–H groups in total. The molecule has 0 aliphatic carbocycles. The number of hydrogen-bond acceptors (Lipinski definition) is 6. The van der Waals surface area contributed by atoms with Crippen molar-refractivity contribution in [3.05, 3.63) is 124 Å². The molecule has 0 unspecified atom stereocenters. The molecule has 0 saturated heterocycles. The summed E-state index contributed by atoms with van der Waals surface area (Å²) in [5, 5.41) is 12.8. The summed E-state index contributed by atoms with van der Waals surface area (Å²) in [6.07, 6.45) is -5.19. The predicted octanol–water partition coefficient (Wildman–Crippen LogP) is 7.10. The van der Waals surface area contributed by atoms with Crippen LogP contribution >= 0.6 is 0 Å². The van der Waals surface area contributed by atoms with E-state index < -0.39 is 41.4 Å². The quantitative estimate of drug-likeness (QED) is 0.152. The first-order valence-corrected chi connectivity index (χ1v) is 16.7. The Morgan fingerprint density at radius 3 is 2.40 bits per heavy atom. The molecule has 1 aliphatic rings. The van der Waals surface area contributed by atoms with Crippen LogP contribution < -0.4 is 14.8 Å². The second kappa shape index (κ2) is 16.6. The summed E-state index contributed by atoms with van der Waals surface area (Å²) in [4.78, 5) is 30.6. The number of aliphatic hydroxyl groups excluding tert-OH is 1. The van der Waals surface area contributed by atoms with Crippen LogP contribution in [0.15, 0.2) is 84.9 Å². The molecule has 0 fully saturated rings. The van der Waals surface area contributed by atoms with Gasteiger partial charge in [0.25, 0.3) is 5.91 Å². The first-order chi connectivity index (χ1) is 24.7. The molecule has 8 nitrogen and oxygen atoms in total. The molecule has 4 aromatic carbocycles. The molecule has 2 amide bonds. The Bertz CT molecular complexity index is 1850. The monoisotopic (exact) mass is 725 g/mol. The number of anilines is 1. The molecule has 13 heteroatoms. The van der Waals surface area contributed by atoms with Crippen molar-refractivity contribution in [2.45, 2.75) is 51.7 Å². The Morgan fingerprint density at radius 2 is 1.73 bits per heavy atom. The van der Waals surface area contributed by atoms with Crippen molar-refractivity contribution in [3.63, 3.8) is 0 Å². The Balaban J connectivity index is 1.31. The van der Waals surface area contributed by atoms with Crippen LogP contribution in [0.25, 0.3) is 0 Å². The van der Waals surface area contributed by atoms with Gasteiger partial charge < -0.3 is 24.8 Å². The lowest BCUT2D eigenvalue weighted by Crippen LogP contribution is -2.49. The number of carbonyl (C=O) groups excluding carboxylic acids is 2. The van der Waals surface area contributed by atoms with Crippen LogP contribution in [-0.2, 0) is 30.5 Å². The van der Waals surface area contributed by atoms with E-state index in [9.17, 15) is 36.6 Å². The number of alkyl halides is 3. The molecule has 0 bridgehead atoms. The standard InChI is InChI=1S/C39H40F5N3O5/c1-24-19-47(25(2)22-48)38(50)32-5-4-6-34(45-36(49)17-26-7-11-29(12-8-26)39(42,43)44)37(32)52-35(24)21-46(3)20-27-9-14-31(15-10-27)51-23-28-18-30(40)13-16-33(28)41/h4-16,18,24-25,35,48H,17,19-23H2,1-3H3,(H,45,49)/t24-,25+,35-/m1/s1. The number of fused-ring (bicyclic) bond motifs is 1. The third kappa shape index (κ3) is 9.65. The lowest BCUT2D eigenvalue weighted by molar-refractivity contribution is -0.137. The number of benzene rings is 4. The molecule has 276 valence electrons. The normalized spacial score (nSPS) is 16.8. The lowest BCUT2D eigenvalue weighted by Gasteiger charge is -2.38. The van der Waals surface area contributed by atoms with Crippen LogP contribution in [0.2, 0.25) is 0 Å². The number of nitrogens with one attached hydrogen (secondary N) is 1. The van der Waals surface area contributed by atoms with Crippen LogP contribution in [0.4, 0.5) is 27.6 Å². The number of hydrogen-bond donors (Lipinski definition) is 2. The van der Waals surface area contributed by atoms with Gasteiger partial charge in [-0.1, -0.05) is 37.3 Å². The van der Waals surface area contributed by atoms with Gasteiger partial charge >= 0.3 is 6.18 Å². The smallest absolute Gasteiger partial charge is 0.416 e. The van der Waals surface area contributed by atoms with Gasteiger partial charge in [-0.3, -0.25) is 14.5 Å². The predicted molar refractivity (Wildman–Crippen MR) is 185 cm³/mol. The van der Waals surface area contributed by atoms with Gasteiger partial charge in [-0.25, -0.2) is 8.78 Å². The van der Waals surface area contributed by atoms with Crippen molar-refractivity contribution in [3.8, 4) is 11.5 Å². The fourth-order valence-corrected chi connectivity index (χ4v) is 5.94. The minimum Gasteiger partial charge on any atom is -0.489 e. The van der Waals surface area contributed by atoms with E-state index in [1.54, 1.807) is 42.2 Å². The summed E-state index contributed by atoms with van der Waals surface area (Å²) in [5.74, 6) is -1.57. The van der Waals surface area contributed by atoms with Gasteiger partial charge in [0.1, 0.15) is 30.1 Å². The summed E-state index contributed by atoms with van der Waals surface area (Å²) >= 11 is 0. The highest BCUT2D eigenvalue weighted by molar-refractivity contribution is 6.02. The van der Waals surface area contributed by atoms with Gasteiger partial charge in [0, 0.05) is 31.1 Å². The third-order valence-electron chi connectivity index (χ3n) is 8.88. The number of nitrogens with zero attached hydrogens (tertiary/aromatic N) is 2. The Labute approximate surface area is 298 Å². The van der Waals surface area contributed by atoms with E-state index in [-0.39, 0.29) is 54.0 Å². The van der Waals surface area contributed by atoms with E-state index in [1.807, 2.05) is 31.0 Å².